The van der Waals surface area contributed by atoms with Gasteiger partial charge in [-0.25, -0.2) is 4.21 Å². The molecule has 8 heteroatoms. The SMILES string of the molecule is CCCc1cc(Cl)ccc1C(COc1ccc(C(=O)NS(=O)C(C)C(C)CCC)cc1)CN(C)CC1CCC1CC(C)=O. The Hall–Kier alpha value is -2.22. The lowest BCUT2D eigenvalue weighted by Crippen LogP contribution is -2.39. The number of carbonyl (C=O) groups excluding carboxylic acids is 2. The van der Waals surface area contributed by atoms with Gasteiger partial charge < -0.3 is 14.4 Å². The van der Waals surface area contributed by atoms with Gasteiger partial charge in [0.25, 0.3) is 5.91 Å². The Morgan fingerprint density at radius 1 is 1.07 bits per heavy atom. The fourth-order valence-electron chi connectivity index (χ4n) is 6.11. The van der Waals surface area contributed by atoms with Crippen LogP contribution in [-0.2, 0) is 22.2 Å². The molecule has 0 radical (unpaired) electrons. The van der Waals surface area contributed by atoms with Gasteiger partial charge >= 0.3 is 0 Å². The van der Waals surface area contributed by atoms with Crippen molar-refractivity contribution in [3.05, 3.63) is 64.2 Å². The van der Waals surface area contributed by atoms with E-state index in [1.165, 1.54) is 17.5 Å². The van der Waals surface area contributed by atoms with Crippen LogP contribution in [0.1, 0.15) is 101 Å². The molecule has 2 aromatic rings. The zero-order valence-corrected chi connectivity index (χ0v) is 28.4. The van der Waals surface area contributed by atoms with Crippen LogP contribution in [0.15, 0.2) is 42.5 Å². The van der Waals surface area contributed by atoms with Crippen molar-refractivity contribution in [2.24, 2.45) is 17.8 Å². The molecule has 6 unspecified atom stereocenters. The Labute approximate surface area is 266 Å². The molecule has 43 heavy (non-hydrogen) atoms. The number of hydrogen-bond donors (Lipinski definition) is 1. The number of amides is 1. The number of halogens is 1. The maximum Gasteiger partial charge on any atom is 0.262 e. The number of rotatable bonds is 18. The Morgan fingerprint density at radius 2 is 1.77 bits per heavy atom. The number of nitrogens with one attached hydrogen (secondary N) is 1. The third-order valence-electron chi connectivity index (χ3n) is 8.91. The number of Topliss-reactive ketones (excluding diaryl/α,β-unsaturated/α-hetero) is 1. The van der Waals surface area contributed by atoms with Gasteiger partial charge in [-0.1, -0.05) is 51.3 Å². The molecule has 0 heterocycles. The van der Waals surface area contributed by atoms with Crippen LogP contribution in [0.5, 0.6) is 5.75 Å². The maximum absolute atomic E-state index is 12.8. The van der Waals surface area contributed by atoms with E-state index < -0.39 is 11.0 Å². The van der Waals surface area contributed by atoms with E-state index in [1.807, 2.05) is 13.0 Å². The van der Waals surface area contributed by atoms with Crippen LogP contribution in [-0.4, -0.2) is 52.8 Å². The summed E-state index contributed by atoms with van der Waals surface area (Å²) in [4.78, 5) is 26.8. The summed E-state index contributed by atoms with van der Waals surface area (Å²) in [5, 5.41) is 0.627. The fourth-order valence-corrected chi connectivity index (χ4v) is 7.35. The number of likely N-dealkylation sites (N-methyl/N-ethyl adjacent to an activating group) is 1. The smallest absolute Gasteiger partial charge is 0.262 e. The summed E-state index contributed by atoms with van der Waals surface area (Å²) in [6, 6.07) is 13.2. The van der Waals surface area contributed by atoms with Gasteiger partial charge in [0.1, 0.15) is 22.5 Å². The molecule has 0 spiro atoms. The first-order chi connectivity index (χ1) is 20.5. The first kappa shape index (κ1) is 35.3. The summed E-state index contributed by atoms with van der Waals surface area (Å²) >= 11 is 6.39. The van der Waals surface area contributed by atoms with Crippen LogP contribution in [0, 0.1) is 17.8 Å². The number of carbonyl (C=O) groups is 2. The van der Waals surface area contributed by atoms with E-state index in [9.17, 15) is 13.8 Å². The molecule has 1 aliphatic carbocycles. The number of ketones is 1. The molecule has 0 saturated heterocycles. The summed E-state index contributed by atoms with van der Waals surface area (Å²) in [6.45, 7) is 12.2. The normalized spacial score (nSPS) is 19.3. The first-order valence-corrected chi connectivity index (χ1v) is 17.5. The molecule has 0 bridgehead atoms. The number of nitrogens with zero attached hydrogens (tertiary/aromatic N) is 1. The molecular weight excluding hydrogens is 580 g/mol. The van der Waals surface area contributed by atoms with Crippen LogP contribution in [0.2, 0.25) is 5.02 Å². The first-order valence-electron chi connectivity index (χ1n) is 15.9. The maximum atomic E-state index is 12.8. The zero-order valence-electron chi connectivity index (χ0n) is 26.9. The predicted molar refractivity (Wildman–Crippen MR) is 178 cm³/mol. The molecule has 6 atom stereocenters. The molecule has 238 valence electrons. The predicted octanol–water partition coefficient (Wildman–Crippen LogP) is 7.61. The third kappa shape index (κ3) is 10.7. The second-order valence-corrected chi connectivity index (χ2v) is 14.5. The van der Waals surface area contributed by atoms with E-state index in [0.717, 1.165) is 50.2 Å². The molecule has 1 amide bonds. The Kier molecular flexibility index (Phi) is 14.2. The highest BCUT2D eigenvalue weighted by Gasteiger charge is 2.33. The van der Waals surface area contributed by atoms with Crippen molar-refractivity contribution in [3.8, 4) is 5.75 Å². The average Bonchev–Trinajstić information content (AvgIpc) is 2.96. The highest BCUT2D eigenvalue weighted by Crippen LogP contribution is 2.38. The van der Waals surface area contributed by atoms with Crippen molar-refractivity contribution in [1.29, 1.82) is 0 Å². The molecule has 1 saturated carbocycles. The Balaban J connectivity index is 1.68. The quantitative estimate of drug-likeness (QED) is 0.183. The van der Waals surface area contributed by atoms with Crippen molar-refractivity contribution < 1.29 is 18.5 Å². The van der Waals surface area contributed by atoms with Gasteiger partial charge in [0.05, 0.1) is 11.9 Å². The average molecular weight is 631 g/mol. The van der Waals surface area contributed by atoms with Crippen LogP contribution in [0.4, 0.5) is 0 Å². The fraction of sp³-hybridized carbons (Fsp3) is 0.600. The minimum atomic E-state index is -1.44. The number of aryl methyl sites for hydroxylation is 1. The summed E-state index contributed by atoms with van der Waals surface area (Å²) in [5.74, 6) is 2.06. The van der Waals surface area contributed by atoms with Crippen LogP contribution in [0.25, 0.3) is 0 Å². The van der Waals surface area contributed by atoms with Crippen molar-refractivity contribution in [3.63, 3.8) is 0 Å². The Bertz CT molecular complexity index is 1220. The number of ether oxygens (including phenoxy) is 1. The van der Waals surface area contributed by atoms with Gasteiger partial charge in [-0.2, -0.15) is 0 Å². The van der Waals surface area contributed by atoms with E-state index in [-0.39, 0.29) is 28.8 Å². The largest absolute Gasteiger partial charge is 0.493 e. The molecular formula is C35H51ClN2O4S. The zero-order chi connectivity index (χ0) is 31.5. The molecule has 1 N–H and O–H groups in total. The summed E-state index contributed by atoms with van der Waals surface area (Å²) in [6.07, 6.45) is 6.97. The third-order valence-corrected chi connectivity index (χ3v) is 10.7. The minimum Gasteiger partial charge on any atom is -0.493 e. The van der Waals surface area contributed by atoms with Crippen LogP contribution in [0.3, 0.4) is 0 Å². The highest BCUT2D eigenvalue weighted by atomic mass is 35.5. The lowest BCUT2D eigenvalue weighted by atomic mass is 9.71. The van der Waals surface area contributed by atoms with E-state index in [4.69, 9.17) is 16.3 Å². The van der Waals surface area contributed by atoms with Crippen molar-refractivity contribution in [2.45, 2.75) is 90.7 Å². The van der Waals surface area contributed by atoms with Crippen molar-refractivity contribution in [2.75, 3.05) is 26.7 Å². The van der Waals surface area contributed by atoms with E-state index >= 15 is 0 Å². The molecule has 0 aliphatic heterocycles. The number of hydrogen-bond acceptors (Lipinski definition) is 5. The van der Waals surface area contributed by atoms with Crippen molar-refractivity contribution >= 4 is 34.3 Å². The minimum absolute atomic E-state index is 0.114. The topological polar surface area (TPSA) is 75.7 Å². The van der Waals surface area contributed by atoms with Crippen LogP contribution < -0.4 is 9.46 Å². The van der Waals surface area contributed by atoms with Crippen molar-refractivity contribution in [1.82, 2.24) is 9.62 Å². The molecule has 1 fully saturated rings. The highest BCUT2D eigenvalue weighted by molar-refractivity contribution is 7.84. The molecule has 6 nitrogen and oxygen atoms in total. The Morgan fingerprint density at radius 3 is 2.37 bits per heavy atom. The number of benzene rings is 2. The lowest BCUT2D eigenvalue weighted by Gasteiger charge is -2.39. The second kappa shape index (κ2) is 17.3. The van der Waals surface area contributed by atoms with E-state index in [2.05, 4.69) is 49.6 Å². The molecule has 2 aromatic carbocycles. The van der Waals surface area contributed by atoms with Gasteiger partial charge in [-0.15, -0.1) is 0 Å². The van der Waals surface area contributed by atoms with Crippen LogP contribution >= 0.6 is 11.6 Å². The van der Waals surface area contributed by atoms with Gasteiger partial charge in [-0.3, -0.25) is 9.52 Å². The second-order valence-electron chi connectivity index (χ2n) is 12.5. The molecule has 0 aromatic heterocycles. The van der Waals surface area contributed by atoms with Gasteiger partial charge in [0.15, 0.2) is 0 Å². The summed E-state index contributed by atoms with van der Waals surface area (Å²) in [7, 11) is 0.717. The summed E-state index contributed by atoms with van der Waals surface area (Å²) in [5.41, 5.74) is 2.95. The molecule has 1 aliphatic rings. The van der Waals surface area contributed by atoms with E-state index in [1.54, 1.807) is 31.2 Å². The summed E-state index contributed by atoms with van der Waals surface area (Å²) < 4.78 is 21.7. The van der Waals surface area contributed by atoms with Gasteiger partial charge in [0.2, 0.25) is 0 Å². The van der Waals surface area contributed by atoms with Gasteiger partial charge in [-0.05, 0) is 112 Å². The lowest BCUT2D eigenvalue weighted by molar-refractivity contribution is -0.119. The monoisotopic (exact) mass is 630 g/mol. The standard InChI is InChI=1S/C35H51ClN2O4S/c1-7-9-24(3)26(5)43(41)37-35(40)27-13-16-33(17-14-27)42-23-31(34-18-15-32(36)20-29(34)10-8-2)22-38(6)21-30-12-11-28(30)19-25(4)39/h13-18,20,24,26,28,30-31H,7-12,19,21-23H2,1-6H3,(H,37,40). The molecule has 3 rings (SSSR count). The van der Waals surface area contributed by atoms with E-state index in [0.29, 0.717) is 36.2 Å². The van der Waals surface area contributed by atoms with Gasteiger partial charge in [0, 0.05) is 36.0 Å².